The van der Waals surface area contributed by atoms with Crippen LogP contribution in [0, 0.1) is 5.92 Å². The number of nitrogens with two attached hydrogens (primary N) is 1. The molecule has 1 aliphatic heterocycles. The Hall–Kier alpha value is -0.300. The largest absolute Gasteiger partial charge is 0.370 e. The second-order valence-corrected chi connectivity index (χ2v) is 5.55. The van der Waals surface area contributed by atoms with E-state index in [0.29, 0.717) is 5.96 Å². The van der Waals surface area contributed by atoms with Crippen LogP contribution in [0.2, 0.25) is 0 Å². The number of halogens is 1. The first-order chi connectivity index (χ1) is 8.74. The molecule has 0 unspecified atom stereocenters. The van der Waals surface area contributed by atoms with Gasteiger partial charge in [0.15, 0.2) is 5.96 Å². The van der Waals surface area contributed by atoms with Crippen molar-refractivity contribution in [2.45, 2.75) is 32.6 Å². The normalized spacial score (nSPS) is 21.3. The number of rotatable bonds is 5. The summed E-state index contributed by atoms with van der Waals surface area (Å²) in [7, 11) is 0. The Labute approximate surface area is 133 Å². The van der Waals surface area contributed by atoms with Crippen LogP contribution in [0.5, 0.6) is 0 Å². The molecule has 0 bridgehead atoms. The van der Waals surface area contributed by atoms with Crippen molar-refractivity contribution in [2.24, 2.45) is 16.6 Å². The van der Waals surface area contributed by atoms with Crippen LogP contribution in [0.1, 0.15) is 32.6 Å². The predicted octanol–water partition coefficient (Wildman–Crippen LogP) is 1.96. The summed E-state index contributed by atoms with van der Waals surface area (Å²) in [5.74, 6) is 1.41. The fourth-order valence-corrected chi connectivity index (χ4v) is 2.32. The van der Waals surface area contributed by atoms with Crippen LogP contribution < -0.4 is 11.1 Å². The molecule has 19 heavy (non-hydrogen) atoms. The minimum absolute atomic E-state index is 0. The van der Waals surface area contributed by atoms with E-state index in [0.717, 1.165) is 32.1 Å². The van der Waals surface area contributed by atoms with Gasteiger partial charge in [-0.1, -0.05) is 18.1 Å². The van der Waals surface area contributed by atoms with E-state index in [1.807, 2.05) is 0 Å². The Bertz CT molecular complexity index is 323. The minimum atomic E-state index is 0. The molecule has 0 atom stereocenters. The molecule has 3 N–H and O–H groups in total. The van der Waals surface area contributed by atoms with Crippen LogP contribution in [0.3, 0.4) is 0 Å². The molecular weight excluding hydrogens is 351 g/mol. The van der Waals surface area contributed by atoms with Crippen LogP contribution in [-0.2, 0) is 0 Å². The van der Waals surface area contributed by atoms with E-state index in [4.69, 9.17) is 5.73 Å². The average Bonchev–Trinajstić information content (AvgIpc) is 2.30. The highest BCUT2D eigenvalue weighted by Crippen LogP contribution is 2.26. The van der Waals surface area contributed by atoms with Gasteiger partial charge in [0, 0.05) is 32.7 Å². The number of aliphatic imine (C=N–C) groups is 1. The maximum Gasteiger partial charge on any atom is 0.188 e. The molecular formula is C14H27IN4. The molecule has 0 saturated heterocycles. The van der Waals surface area contributed by atoms with Crippen molar-refractivity contribution >= 4 is 29.9 Å². The zero-order valence-corrected chi connectivity index (χ0v) is 14.2. The third-order valence-corrected chi connectivity index (χ3v) is 4.00. The minimum Gasteiger partial charge on any atom is -0.370 e. The summed E-state index contributed by atoms with van der Waals surface area (Å²) in [6.07, 6.45) is 7.55. The smallest absolute Gasteiger partial charge is 0.188 e. The topological polar surface area (TPSA) is 53.6 Å². The second-order valence-electron chi connectivity index (χ2n) is 5.55. The van der Waals surface area contributed by atoms with E-state index in [9.17, 15) is 0 Å². The van der Waals surface area contributed by atoms with Crippen LogP contribution in [0.4, 0.5) is 0 Å². The third kappa shape index (κ3) is 6.12. The molecule has 2 rings (SSSR count). The van der Waals surface area contributed by atoms with Crippen molar-refractivity contribution in [1.82, 2.24) is 10.2 Å². The standard InChI is InChI=1S/C14H26N4.HI/c1-12-5-8-18(9-6-12)10-7-16-14(15)17-11-13-3-2-4-13;/h5,13H,2-4,6-11H2,1H3,(H3,15,16,17);1H. The lowest BCUT2D eigenvalue weighted by atomic mass is 9.86. The summed E-state index contributed by atoms with van der Waals surface area (Å²) in [5.41, 5.74) is 7.36. The van der Waals surface area contributed by atoms with Gasteiger partial charge in [-0.2, -0.15) is 0 Å². The first-order valence-electron chi connectivity index (χ1n) is 7.16. The fraction of sp³-hybridized carbons (Fsp3) is 0.786. The van der Waals surface area contributed by atoms with Crippen LogP contribution in [-0.4, -0.2) is 43.6 Å². The van der Waals surface area contributed by atoms with Gasteiger partial charge in [0.05, 0.1) is 0 Å². The van der Waals surface area contributed by atoms with E-state index < -0.39 is 0 Å². The Balaban J connectivity index is 0.00000180. The van der Waals surface area contributed by atoms with Crippen molar-refractivity contribution < 1.29 is 0 Å². The summed E-state index contributed by atoms with van der Waals surface area (Å²) in [6.45, 7) is 7.30. The second kappa shape index (κ2) is 8.79. The Kier molecular flexibility index (Phi) is 7.75. The third-order valence-electron chi connectivity index (χ3n) is 4.00. The van der Waals surface area contributed by atoms with E-state index in [-0.39, 0.29) is 24.0 Å². The van der Waals surface area contributed by atoms with Crippen LogP contribution in [0.25, 0.3) is 0 Å². The van der Waals surface area contributed by atoms with Gasteiger partial charge in [0.2, 0.25) is 0 Å². The zero-order valence-electron chi connectivity index (χ0n) is 11.9. The van der Waals surface area contributed by atoms with E-state index >= 15 is 0 Å². The molecule has 1 heterocycles. The lowest BCUT2D eigenvalue weighted by Crippen LogP contribution is -2.40. The van der Waals surface area contributed by atoms with Gasteiger partial charge in [-0.05, 0) is 32.1 Å². The number of nitrogens with one attached hydrogen (secondary N) is 1. The lowest BCUT2D eigenvalue weighted by molar-refractivity contribution is 0.298. The SMILES string of the molecule is CC1=CCN(CCNC(N)=NCC2CCC2)CC1.I. The summed E-state index contributed by atoms with van der Waals surface area (Å²) < 4.78 is 0. The maximum atomic E-state index is 5.85. The number of nitrogens with zero attached hydrogens (tertiary/aromatic N) is 2. The van der Waals surface area contributed by atoms with Crippen LogP contribution >= 0.6 is 24.0 Å². The quantitative estimate of drug-likeness (QED) is 0.333. The molecule has 5 heteroatoms. The van der Waals surface area contributed by atoms with Gasteiger partial charge in [-0.3, -0.25) is 9.89 Å². The molecule has 0 amide bonds. The van der Waals surface area contributed by atoms with Gasteiger partial charge in [0.25, 0.3) is 0 Å². The summed E-state index contributed by atoms with van der Waals surface area (Å²) in [6, 6.07) is 0. The van der Waals surface area contributed by atoms with E-state index in [1.54, 1.807) is 0 Å². The molecule has 0 radical (unpaired) electrons. The predicted molar refractivity (Wildman–Crippen MR) is 92.1 cm³/mol. The summed E-state index contributed by atoms with van der Waals surface area (Å²) in [4.78, 5) is 6.84. The maximum absolute atomic E-state index is 5.85. The fourth-order valence-electron chi connectivity index (χ4n) is 2.32. The molecule has 1 fully saturated rings. The first-order valence-corrected chi connectivity index (χ1v) is 7.16. The lowest BCUT2D eigenvalue weighted by Gasteiger charge is -2.25. The Morgan fingerprint density at radius 1 is 1.53 bits per heavy atom. The summed E-state index contributed by atoms with van der Waals surface area (Å²) in [5, 5.41) is 3.21. The van der Waals surface area contributed by atoms with E-state index in [1.165, 1.54) is 37.8 Å². The highest BCUT2D eigenvalue weighted by molar-refractivity contribution is 14.0. The highest BCUT2D eigenvalue weighted by Gasteiger charge is 2.16. The molecule has 1 saturated carbocycles. The van der Waals surface area contributed by atoms with Gasteiger partial charge in [-0.25, -0.2) is 0 Å². The Morgan fingerprint density at radius 3 is 2.89 bits per heavy atom. The van der Waals surface area contributed by atoms with Gasteiger partial charge in [-0.15, -0.1) is 24.0 Å². The Morgan fingerprint density at radius 2 is 2.32 bits per heavy atom. The molecule has 1 aliphatic carbocycles. The number of hydrogen-bond acceptors (Lipinski definition) is 2. The molecule has 0 aromatic carbocycles. The zero-order chi connectivity index (χ0) is 12.8. The van der Waals surface area contributed by atoms with Crippen molar-refractivity contribution in [3.8, 4) is 0 Å². The molecule has 0 aromatic rings. The van der Waals surface area contributed by atoms with Gasteiger partial charge < -0.3 is 11.1 Å². The van der Waals surface area contributed by atoms with Crippen molar-refractivity contribution in [2.75, 3.05) is 32.7 Å². The monoisotopic (exact) mass is 378 g/mol. The number of guanidine groups is 1. The highest BCUT2D eigenvalue weighted by atomic mass is 127. The summed E-state index contributed by atoms with van der Waals surface area (Å²) >= 11 is 0. The molecule has 0 spiro atoms. The molecule has 0 aromatic heterocycles. The van der Waals surface area contributed by atoms with Crippen molar-refractivity contribution in [3.05, 3.63) is 11.6 Å². The first kappa shape index (κ1) is 16.8. The van der Waals surface area contributed by atoms with Crippen molar-refractivity contribution in [1.29, 1.82) is 0 Å². The molecule has 2 aliphatic rings. The van der Waals surface area contributed by atoms with Gasteiger partial charge in [0.1, 0.15) is 0 Å². The number of hydrogen-bond donors (Lipinski definition) is 2. The van der Waals surface area contributed by atoms with Crippen molar-refractivity contribution in [3.63, 3.8) is 0 Å². The van der Waals surface area contributed by atoms with Gasteiger partial charge >= 0.3 is 0 Å². The molecule has 110 valence electrons. The van der Waals surface area contributed by atoms with E-state index in [2.05, 4.69) is 28.2 Å². The molecule has 4 nitrogen and oxygen atoms in total. The average molecular weight is 378 g/mol. The van der Waals surface area contributed by atoms with Crippen LogP contribution in [0.15, 0.2) is 16.6 Å².